The number of anilines is 1. The van der Waals surface area contributed by atoms with E-state index in [-0.39, 0.29) is 24.1 Å². The summed E-state index contributed by atoms with van der Waals surface area (Å²) in [7, 11) is 3.44. The van der Waals surface area contributed by atoms with Crippen molar-refractivity contribution in [2.45, 2.75) is 6.54 Å². The van der Waals surface area contributed by atoms with Gasteiger partial charge in [0.05, 0.1) is 11.1 Å². The predicted octanol–water partition coefficient (Wildman–Crippen LogP) is 3.02. The van der Waals surface area contributed by atoms with E-state index in [2.05, 4.69) is 22.3 Å². The van der Waals surface area contributed by atoms with Crippen molar-refractivity contribution >= 4 is 17.6 Å². The molecule has 164 valence electrons. The van der Waals surface area contributed by atoms with Gasteiger partial charge in [-0.3, -0.25) is 9.69 Å². The lowest BCUT2D eigenvalue weighted by Gasteiger charge is -2.31. The average Bonchev–Trinajstić information content (AvgIpc) is 3.25. The largest absolute Gasteiger partial charge is 0.348 e. The number of hydrogen-bond donors (Lipinski definition) is 1. The van der Waals surface area contributed by atoms with Gasteiger partial charge in [0, 0.05) is 58.8 Å². The lowest BCUT2D eigenvalue weighted by atomic mass is 9.80. The lowest BCUT2D eigenvalue weighted by molar-refractivity contribution is -0.139. The van der Waals surface area contributed by atoms with Crippen LogP contribution in [0, 0.1) is 23.0 Å². The van der Waals surface area contributed by atoms with Gasteiger partial charge in [-0.2, -0.15) is 0 Å². The van der Waals surface area contributed by atoms with Crippen molar-refractivity contribution in [1.82, 2.24) is 14.7 Å². The number of nitrogens with zero attached hydrogens (tertiary/aromatic N) is 3. The minimum atomic E-state index is -0.712. The maximum Gasteiger partial charge on any atom is 0.321 e. The first-order chi connectivity index (χ1) is 14.8. The highest BCUT2D eigenvalue weighted by Gasteiger charge is 2.58. The van der Waals surface area contributed by atoms with E-state index in [0.29, 0.717) is 19.6 Å². The second-order valence-electron chi connectivity index (χ2n) is 8.64. The molecule has 0 aliphatic carbocycles. The van der Waals surface area contributed by atoms with Gasteiger partial charge in [-0.1, -0.05) is 30.3 Å². The second-order valence-corrected chi connectivity index (χ2v) is 8.64. The summed E-state index contributed by atoms with van der Waals surface area (Å²) in [6.07, 6.45) is 0. The summed E-state index contributed by atoms with van der Waals surface area (Å²) in [5.74, 6) is -1.39. The fourth-order valence-electron chi connectivity index (χ4n) is 4.82. The van der Waals surface area contributed by atoms with Crippen LogP contribution in [0.5, 0.6) is 0 Å². The molecule has 0 radical (unpaired) electrons. The standard InChI is InChI=1S/C23H26F2N4O2/c1-27(2)21(30)23-14-28(11-16-6-4-3-5-7-16)12-17(23)13-29(15-23)22(31)26-20-10-18(24)8-9-19(20)25/h3-10,17H,11-15H2,1-2H3,(H,26,31)/t17-,23-/m0/s1. The number of urea groups is 1. The molecule has 2 atom stereocenters. The minimum Gasteiger partial charge on any atom is -0.348 e. The molecule has 31 heavy (non-hydrogen) atoms. The van der Waals surface area contributed by atoms with Crippen molar-refractivity contribution < 1.29 is 18.4 Å². The molecular formula is C23H26F2N4O2. The van der Waals surface area contributed by atoms with Crippen LogP contribution in [0.1, 0.15) is 5.56 Å². The quantitative estimate of drug-likeness (QED) is 0.815. The molecule has 0 spiro atoms. The van der Waals surface area contributed by atoms with Crippen LogP contribution >= 0.6 is 0 Å². The molecular weight excluding hydrogens is 402 g/mol. The summed E-state index contributed by atoms with van der Waals surface area (Å²) in [5, 5.41) is 2.45. The van der Waals surface area contributed by atoms with Crippen molar-refractivity contribution in [3.63, 3.8) is 0 Å². The van der Waals surface area contributed by atoms with Gasteiger partial charge >= 0.3 is 6.03 Å². The van der Waals surface area contributed by atoms with E-state index in [1.165, 1.54) is 10.5 Å². The summed E-state index contributed by atoms with van der Waals surface area (Å²) in [5.41, 5.74) is 0.252. The molecule has 0 saturated carbocycles. The molecule has 4 rings (SSSR count). The molecule has 1 N–H and O–H groups in total. The number of nitrogens with one attached hydrogen (secondary N) is 1. The molecule has 2 saturated heterocycles. The fourth-order valence-corrected chi connectivity index (χ4v) is 4.82. The third kappa shape index (κ3) is 4.12. The Labute approximate surface area is 180 Å². The Morgan fingerprint density at radius 3 is 2.55 bits per heavy atom. The van der Waals surface area contributed by atoms with E-state index < -0.39 is 23.1 Å². The molecule has 2 heterocycles. The Bertz CT molecular complexity index is 985. The van der Waals surface area contributed by atoms with Crippen LogP contribution in [0.4, 0.5) is 19.3 Å². The SMILES string of the molecule is CN(C)C(=O)[C@]12CN(Cc3ccccc3)C[C@H]1CN(C(=O)Nc1cc(F)ccc1F)C2. The second kappa shape index (κ2) is 8.26. The van der Waals surface area contributed by atoms with E-state index in [1.807, 2.05) is 18.2 Å². The summed E-state index contributed by atoms with van der Waals surface area (Å²) in [6, 6.07) is 12.5. The normalized spacial score (nSPS) is 23.0. The highest BCUT2D eigenvalue weighted by Crippen LogP contribution is 2.44. The van der Waals surface area contributed by atoms with E-state index in [0.717, 1.165) is 24.7 Å². The Morgan fingerprint density at radius 2 is 1.84 bits per heavy atom. The number of halogens is 2. The van der Waals surface area contributed by atoms with Crippen LogP contribution in [0.15, 0.2) is 48.5 Å². The molecule has 0 aromatic heterocycles. The summed E-state index contributed by atoms with van der Waals surface area (Å²) < 4.78 is 27.4. The third-order valence-corrected chi connectivity index (χ3v) is 6.22. The van der Waals surface area contributed by atoms with Gasteiger partial charge in [-0.15, -0.1) is 0 Å². The highest BCUT2D eigenvalue weighted by molar-refractivity contribution is 5.91. The molecule has 0 unspecified atom stereocenters. The first kappa shape index (κ1) is 21.2. The number of carbonyl (C=O) groups excluding carboxylic acids is 2. The molecule has 2 aliphatic rings. The van der Waals surface area contributed by atoms with Crippen molar-refractivity contribution in [2.24, 2.45) is 11.3 Å². The van der Waals surface area contributed by atoms with Gasteiger partial charge in [0.25, 0.3) is 0 Å². The molecule has 3 amide bonds. The van der Waals surface area contributed by atoms with E-state index in [1.54, 1.807) is 19.0 Å². The zero-order valence-electron chi connectivity index (χ0n) is 17.6. The number of amides is 3. The van der Waals surface area contributed by atoms with E-state index >= 15 is 0 Å². The smallest absolute Gasteiger partial charge is 0.321 e. The van der Waals surface area contributed by atoms with Gasteiger partial charge < -0.3 is 15.1 Å². The third-order valence-electron chi connectivity index (χ3n) is 6.22. The molecule has 6 nitrogen and oxygen atoms in total. The Morgan fingerprint density at radius 1 is 1.10 bits per heavy atom. The zero-order valence-corrected chi connectivity index (χ0v) is 17.6. The topological polar surface area (TPSA) is 55.9 Å². The monoisotopic (exact) mass is 428 g/mol. The van der Waals surface area contributed by atoms with Gasteiger partial charge in [-0.25, -0.2) is 13.6 Å². The van der Waals surface area contributed by atoms with Crippen LogP contribution in [0.3, 0.4) is 0 Å². The number of benzene rings is 2. The van der Waals surface area contributed by atoms with Crippen LogP contribution < -0.4 is 5.32 Å². The van der Waals surface area contributed by atoms with E-state index in [4.69, 9.17) is 0 Å². The van der Waals surface area contributed by atoms with Crippen molar-refractivity contribution in [1.29, 1.82) is 0 Å². The molecule has 8 heteroatoms. The van der Waals surface area contributed by atoms with Crippen molar-refractivity contribution in [2.75, 3.05) is 45.6 Å². The van der Waals surface area contributed by atoms with Gasteiger partial charge in [0.1, 0.15) is 11.6 Å². The minimum absolute atomic E-state index is 0.0136. The number of rotatable bonds is 4. The van der Waals surface area contributed by atoms with Gasteiger partial charge in [0.2, 0.25) is 5.91 Å². The molecule has 2 aliphatic heterocycles. The van der Waals surface area contributed by atoms with Gasteiger partial charge in [-0.05, 0) is 17.7 Å². The van der Waals surface area contributed by atoms with Crippen molar-refractivity contribution in [3.05, 3.63) is 65.7 Å². The Kier molecular flexibility index (Phi) is 5.66. The average molecular weight is 428 g/mol. The number of likely N-dealkylation sites (tertiary alicyclic amines) is 2. The van der Waals surface area contributed by atoms with Crippen LogP contribution in [0.25, 0.3) is 0 Å². The van der Waals surface area contributed by atoms with Crippen molar-refractivity contribution in [3.8, 4) is 0 Å². The first-order valence-electron chi connectivity index (χ1n) is 10.3. The molecule has 2 aromatic rings. The zero-order chi connectivity index (χ0) is 22.2. The van der Waals surface area contributed by atoms with Crippen LogP contribution in [-0.2, 0) is 11.3 Å². The first-order valence-corrected chi connectivity index (χ1v) is 10.3. The Hall–Kier alpha value is -3.00. The molecule has 2 aromatic carbocycles. The van der Waals surface area contributed by atoms with Crippen LogP contribution in [-0.4, -0.2) is 66.9 Å². The number of fused-ring (bicyclic) bond motifs is 1. The van der Waals surface area contributed by atoms with Crippen LogP contribution in [0.2, 0.25) is 0 Å². The maximum atomic E-state index is 13.9. The molecule has 0 bridgehead atoms. The maximum absolute atomic E-state index is 13.9. The van der Waals surface area contributed by atoms with E-state index in [9.17, 15) is 18.4 Å². The summed E-state index contributed by atoms with van der Waals surface area (Å²) >= 11 is 0. The highest BCUT2D eigenvalue weighted by atomic mass is 19.1. The Balaban J connectivity index is 1.51. The summed E-state index contributed by atoms with van der Waals surface area (Å²) in [6.45, 7) is 2.59. The fraction of sp³-hybridized carbons (Fsp3) is 0.391. The lowest BCUT2D eigenvalue weighted by Crippen LogP contribution is -2.47. The number of carbonyl (C=O) groups is 2. The summed E-state index contributed by atoms with van der Waals surface area (Å²) in [4.78, 5) is 31.4. The predicted molar refractivity (Wildman–Crippen MR) is 113 cm³/mol. The number of hydrogen-bond acceptors (Lipinski definition) is 3. The molecule has 2 fully saturated rings. The van der Waals surface area contributed by atoms with Gasteiger partial charge in [0.15, 0.2) is 0 Å².